The lowest BCUT2D eigenvalue weighted by molar-refractivity contribution is 0.135. The van der Waals surface area contributed by atoms with E-state index < -0.39 is 8.60 Å². The largest absolute Gasteiger partial charge is 0.333 e. The molecule has 0 aliphatic carbocycles. The zero-order valence-electron chi connectivity index (χ0n) is 5.88. The third kappa shape index (κ3) is 1.87. The van der Waals surface area contributed by atoms with E-state index in [9.17, 15) is 0 Å². The molecule has 1 rings (SSSR count). The Kier molecular flexibility index (Phi) is 2.07. The molecule has 0 aromatic rings. The summed E-state index contributed by atoms with van der Waals surface area (Å²) in [5.74, 6) is 0. The molecule has 3 nitrogen and oxygen atoms in total. The topological polar surface area (TPSA) is 27.7 Å². The molecular weight excluding hydrogens is 139 g/mol. The van der Waals surface area contributed by atoms with Gasteiger partial charge in [-0.15, -0.1) is 0 Å². The lowest BCUT2D eigenvalue weighted by Crippen LogP contribution is -2.20. The second-order valence-corrected chi connectivity index (χ2v) is 3.78. The molecule has 0 saturated carbocycles. The van der Waals surface area contributed by atoms with E-state index >= 15 is 0 Å². The van der Waals surface area contributed by atoms with Gasteiger partial charge in [0.15, 0.2) is 0 Å². The summed E-state index contributed by atoms with van der Waals surface area (Å²) < 4.78 is 15.3. The van der Waals surface area contributed by atoms with Crippen LogP contribution in [0.1, 0.15) is 13.8 Å². The molecule has 0 aromatic heterocycles. The molecule has 0 aromatic carbocycles. The van der Waals surface area contributed by atoms with Crippen molar-refractivity contribution in [1.82, 2.24) is 0 Å². The second-order valence-electron chi connectivity index (χ2n) is 2.53. The quantitative estimate of drug-likeness (QED) is 0.532. The molecule has 0 amide bonds. The number of hydrogen-bond donors (Lipinski definition) is 0. The van der Waals surface area contributed by atoms with Crippen molar-refractivity contribution in [3.05, 3.63) is 0 Å². The lowest BCUT2D eigenvalue weighted by atomic mass is 10.2. The highest BCUT2D eigenvalue weighted by molar-refractivity contribution is 7.42. The van der Waals surface area contributed by atoms with Crippen LogP contribution in [0.3, 0.4) is 0 Å². The summed E-state index contributed by atoms with van der Waals surface area (Å²) in [5.41, 5.74) is -0.151. The molecule has 1 unspecified atom stereocenters. The third-order valence-corrected chi connectivity index (χ3v) is 2.27. The summed E-state index contributed by atoms with van der Waals surface area (Å²) in [6, 6.07) is 0. The van der Waals surface area contributed by atoms with Gasteiger partial charge in [-0.25, -0.2) is 0 Å². The Labute approximate surface area is 56.3 Å². The summed E-state index contributed by atoms with van der Waals surface area (Å²) in [6.45, 7) is 4.59. The van der Waals surface area contributed by atoms with Crippen molar-refractivity contribution < 1.29 is 13.6 Å². The Balaban J connectivity index is 2.38. The van der Waals surface area contributed by atoms with Crippen LogP contribution in [0.5, 0.6) is 0 Å². The highest BCUT2D eigenvalue weighted by Gasteiger charge is 2.34. The van der Waals surface area contributed by atoms with E-state index in [-0.39, 0.29) is 5.60 Å². The summed E-state index contributed by atoms with van der Waals surface area (Å²) in [4.78, 5) is 0. The monoisotopic (exact) mass is 150 g/mol. The van der Waals surface area contributed by atoms with E-state index in [1.165, 1.54) is 0 Å². The Bertz CT molecular complexity index is 104. The average molecular weight is 150 g/mol. The van der Waals surface area contributed by atoms with Crippen LogP contribution in [0, 0.1) is 0 Å². The van der Waals surface area contributed by atoms with Crippen LogP contribution in [0.25, 0.3) is 0 Å². The smallest absolute Gasteiger partial charge is 0.316 e. The molecule has 1 atom stereocenters. The minimum atomic E-state index is -1.03. The molecular formula is C5H11O3P. The van der Waals surface area contributed by atoms with Gasteiger partial charge in [0.25, 0.3) is 0 Å². The van der Waals surface area contributed by atoms with Crippen molar-refractivity contribution in [2.75, 3.05) is 13.7 Å². The predicted octanol–water partition coefficient (Wildman–Crippen LogP) is 1.69. The van der Waals surface area contributed by atoms with E-state index in [0.717, 1.165) is 0 Å². The van der Waals surface area contributed by atoms with Gasteiger partial charge in [-0.1, -0.05) is 0 Å². The molecule has 1 aliphatic rings. The minimum absolute atomic E-state index is 0.151. The first-order valence-electron chi connectivity index (χ1n) is 2.80. The van der Waals surface area contributed by atoms with Gasteiger partial charge in [-0.05, 0) is 13.8 Å². The molecule has 4 heteroatoms. The molecule has 54 valence electrons. The highest BCUT2D eigenvalue weighted by Crippen LogP contribution is 2.49. The van der Waals surface area contributed by atoms with E-state index in [4.69, 9.17) is 13.6 Å². The molecule has 1 saturated heterocycles. The molecule has 0 radical (unpaired) electrons. The Morgan fingerprint density at radius 3 is 2.44 bits per heavy atom. The lowest BCUT2D eigenvalue weighted by Gasteiger charge is -2.12. The average Bonchev–Trinajstić information content (AvgIpc) is 2.10. The Hall–Kier alpha value is 0.310. The zero-order chi connectivity index (χ0) is 6.91. The van der Waals surface area contributed by atoms with Crippen LogP contribution in [0.2, 0.25) is 0 Å². The second kappa shape index (κ2) is 2.51. The summed E-state index contributed by atoms with van der Waals surface area (Å²) in [6.07, 6.45) is 0. The van der Waals surface area contributed by atoms with Gasteiger partial charge >= 0.3 is 8.60 Å². The van der Waals surface area contributed by atoms with E-state index in [2.05, 4.69) is 0 Å². The van der Waals surface area contributed by atoms with Crippen molar-refractivity contribution in [2.45, 2.75) is 19.4 Å². The van der Waals surface area contributed by atoms with Crippen molar-refractivity contribution >= 4 is 8.60 Å². The molecule has 1 heterocycles. The SMILES string of the molecule is COP1OCC(C)(C)O1. The zero-order valence-corrected chi connectivity index (χ0v) is 6.77. The van der Waals surface area contributed by atoms with Crippen LogP contribution in [0.4, 0.5) is 0 Å². The molecule has 1 aliphatic heterocycles. The predicted molar refractivity (Wildman–Crippen MR) is 35.0 cm³/mol. The first-order valence-corrected chi connectivity index (χ1v) is 3.90. The van der Waals surface area contributed by atoms with Crippen molar-refractivity contribution in [2.24, 2.45) is 0 Å². The van der Waals surface area contributed by atoms with Gasteiger partial charge < -0.3 is 13.6 Å². The fraction of sp³-hybridized carbons (Fsp3) is 1.00. The van der Waals surface area contributed by atoms with E-state index in [1.54, 1.807) is 7.11 Å². The molecule has 9 heavy (non-hydrogen) atoms. The highest BCUT2D eigenvalue weighted by atomic mass is 31.2. The maximum absolute atomic E-state index is 5.32. The van der Waals surface area contributed by atoms with Gasteiger partial charge in [-0.3, -0.25) is 0 Å². The van der Waals surface area contributed by atoms with Gasteiger partial charge in [0.05, 0.1) is 12.2 Å². The van der Waals surface area contributed by atoms with Crippen molar-refractivity contribution in [3.8, 4) is 0 Å². The van der Waals surface area contributed by atoms with Gasteiger partial charge in [-0.2, -0.15) is 0 Å². The molecule has 0 N–H and O–H groups in total. The van der Waals surface area contributed by atoms with Crippen LogP contribution >= 0.6 is 8.60 Å². The minimum Gasteiger partial charge on any atom is -0.316 e. The summed E-state index contributed by atoms with van der Waals surface area (Å²) in [5, 5.41) is 0. The van der Waals surface area contributed by atoms with Crippen molar-refractivity contribution in [3.63, 3.8) is 0 Å². The van der Waals surface area contributed by atoms with Gasteiger partial charge in [0, 0.05) is 7.11 Å². The Morgan fingerprint density at radius 2 is 2.22 bits per heavy atom. The van der Waals surface area contributed by atoms with Gasteiger partial charge in [0.2, 0.25) is 0 Å². The fourth-order valence-electron chi connectivity index (χ4n) is 0.553. The Morgan fingerprint density at radius 1 is 1.56 bits per heavy atom. The van der Waals surface area contributed by atoms with E-state index in [1.807, 2.05) is 13.8 Å². The normalized spacial score (nSPS) is 33.0. The van der Waals surface area contributed by atoms with Crippen LogP contribution in [-0.4, -0.2) is 19.3 Å². The number of rotatable bonds is 1. The maximum atomic E-state index is 5.32. The molecule has 1 fully saturated rings. The van der Waals surface area contributed by atoms with Crippen LogP contribution in [-0.2, 0) is 13.6 Å². The fourth-order valence-corrected chi connectivity index (χ4v) is 1.66. The standard InChI is InChI=1S/C5H11O3P/c1-5(2)4-7-9(6-3)8-5/h4H2,1-3H3. The number of hydrogen-bond acceptors (Lipinski definition) is 3. The van der Waals surface area contributed by atoms with E-state index in [0.29, 0.717) is 6.61 Å². The first-order chi connectivity index (χ1) is 4.14. The van der Waals surface area contributed by atoms with Crippen molar-refractivity contribution in [1.29, 1.82) is 0 Å². The summed E-state index contributed by atoms with van der Waals surface area (Å²) >= 11 is 0. The van der Waals surface area contributed by atoms with Crippen LogP contribution < -0.4 is 0 Å². The maximum Gasteiger partial charge on any atom is 0.333 e. The molecule has 0 bridgehead atoms. The first kappa shape index (κ1) is 7.42. The molecule has 0 spiro atoms. The van der Waals surface area contributed by atoms with Crippen LogP contribution in [0.15, 0.2) is 0 Å². The third-order valence-electron chi connectivity index (χ3n) is 0.988. The summed E-state index contributed by atoms with van der Waals surface area (Å²) in [7, 11) is 0.560. The van der Waals surface area contributed by atoms with Gasteiger partial charge in [0.1, 0.15) is 0 Å².